The molecular formula is C20H27NO3. The van der Waals surface area contributed by atoms with Crippen molar-refractivity contribution < 1.29 is 14.3 Å². The Labute approximate surface area is 144 Å². The van der Waals surface area contributed by atoms with Crippen LogP contribution in [0.25, 0.3) is 0 Å². The highest BCUT2D eigenvalue weighted by molar-refractivity contribution is 5.91. The molecule has 2 aliphatic rings. The second kappa shape index (κ2) is 5.91. The van der Waals surface area contributed by atoms with E-state index >= 15 is 0 Å². The van der Waals surface area contributed by atoms with Gasteiger partial charge in [0.2, 0.25) is 0 Å². The van der Waals surface area contributed by atoms with Crippen LogP contribution in [0.2, 0.25) is 0 Å². The predicted octanol–water partition coefficient (Wildman–Crippen LogP) is 3.58. The predicted molar refractivity (Wildman–Crippen MR) is 92.7 cm³/mol. The van der Waals surface area contributed by atoms with Crippen LogP contribution in [-0.4, -0.2) is 36.0 Å². The molecule has 1 aliphatic heterocycles. The third-order valence-corrected chi connectivity index (χ3v) is 5.32. The lowest BCUT2D eigenvalue weighted by Crippen LogP contribution is -2.39. The number of amides is 1. The van der Waals surface area contributed by atoms with E-state index in [2.05, 4.69) is 20.8 Å². The Hall–Kier alpha value is -1.84. The highest BCUT2D eigenvalue weighted by atomic mass is 16.5. The maximum Gasteiger partial charge on any atom is 0.338 e. The van der Waals surface area contributed by atoms with Gasteiger partial charge in [-0.3, -0.25) is 4.79 Å². The molecule has 1 aliphatic carbocycles. The molecule has 2 fully saturated rings. The summed E-state index contributed by atoms with van der Waals surface area (Å²) in [6.07, 6.45) is 3.23. The zero-order chi connectivity index (χ0) is 17.5. The van der Waals surface area contributed by atoms with Crippen LogP contribution < -0.4 is 0 Å². The Morgan fingerprint density at radius 2 is 2.00 bits per heavy atom. The average molecular weight is 329 g/mol. The van der Waals surface area contributed by atoms with Gasteiger partial charge in [0.25, 0.3) is 5.91 Å². The minimum atomic E-state index is -0.430. The summed E-state index contributed by atoms with van der Waals surface area (Å²) < 4.78 is 5.26. The number of carbonyl (C=O) groups excluding carboxylic acids is 2. The monoisotopic (exact) mass is 329 g/mol. The van der Waals surface area contributed by atoms with Crippen molar-refractivity contribution in [3.63, 3.8) is 0 Å². The highest BCUT2D eigenvalue weighted by Crippen LogP contribution is 2.52. The van der Waals surface area contributed by atoms with Crippen LogP contribution in [0.15, 0.2) is 24.3 Å². The Kier molecular flexibility index (Phi) is 4.18. The molecule has 0 N–H and O–H groups in total. The van der Waals surface area contributed by atoms with Gasteiger partial charge in [0, 0.05) is 12.6 Å². The van der Waals surface area contributed by atoms with Crippen molar-refractivity contribution in [3.8, 4) is 0 Å². The van der Waals surface area contributed by atoms with E-state index in [4.69, 9.17) is 4.74 Å². The summed E-state index contributed by atoms with van der Waals surface area (Å²) in [6.45, 7) is 9.37. The fraction of sp³-hybridized carbons (Fsp3) is 0.600. The number of benzene rings is 1. The zero-order valence-electron chi connectivity index (χ0n) is 15.1. The van der Waals surface area contributed by atoms with E-state index in [0.29, 0.717) is 5.56 Å². The number of esters is 1. The minimum Gasteiger partial charge on any atom is -0.452 e. The summed E-state index contributed by atoms with van der Waals surface area (Å²) in [5.41, 5.74) is 1.96. The quantitative estimate of drug-likeness (QED) is 0.796. The third-order valence-electron chi connectivity index (χ3n) is 5.32. The van der Waals surface area contributed by atoms with E-state index in [9.17, 15) is 9.59 Å². The first kappa shape index (κ1) is 17.0. The van der Waals surface area contributed by atoms with Gasteiger partial charge in [0.05, 0.1) is 5.56 Å². The maximum absolute atomic E-state index is 12.6. The number of aryl methyl sites for hydroxylation is 1. The Morgan fingerprint density at radius 1 is 1.25 bits per heavy atom. The fourth-order valence-corrected chi connectivity index (χ4v) is 4.82. The van der Waals surface area contributed by atoms with E-state index in [1.54, 1.807) is 12.1 Å². The first-order valence-corrected chi connectivity index (χ1v) is 8.71. The van der Waals surface area contributed by atoms with Gasteiger partial charge in [-0.25, -0.2) is 4.79 Å². The molecule has 1 heterocycles. The molecule has 1 saturated heterocycles. The Bertz CT molecular complexity index is 667. The van der Waals surface area contributed by atoms with E-state index in [1.165, 1.54) is 0 Å². The summed E-state index contributed by atoms with van der Waals surface area (Å²) in [5, 5.41) is 0. The normalized spacial score (nSPS) is 27.8. The second-order valence-electron chi connectivity index (χ2n) is 8.68. The molecule has 3 rings (SSSR count). The Morgan fingerprint density at radius 3 is 2.71 bits per heavy atom. The van der Waals surface area contributed by atoms with Gasteiger partial charge >= 0.3 is 5.97 Å². The van der Waals surface area contributed by atoms with Crippen LogP contribution >= 0.6 is 0 Å². The van der Waals surface area contributed by atoms with Gasteiger partial charge in [-0.05, 0) is 49.1 Å². The van der Waals surface area contributed by atoms with Crippen LogP contribution in [0, 0.1) is 17.8 Å². The van der Waals surface area contributed by atoms with Gasteiger partial charge in [0.1, 0.15) is 0 Å². The van der Waals surface area contributed by atoms with Gasteiger partial charge in [-0.1, -0.05) is 38.5 Å². The van der Waals surface area contributed by atoms with Crippen molar-refractivity contribution in [2.24, 2.45) is 10.8 Å². The fourth-order valence-electron chi connectivity index (χ4n) is 4.82. The molecule has 2 atom stereocenters. The summed E-state index contributed by atoms with van der Waals surface area (Å²) >= 11 is 0. The van der Waals surface area contributed by atoms with E-state index in [1.807, 2.05) is 24.0 Å². The lowest BCUT2D eigenvalue weighted by atomic mass is 9.65. The summed E-state index contributed by atoms with van der Waals surface area (Å²) in [5.74, 6) is -0.497. The molecule has 1 amide bonds. The van der Waals surface area contributed by atoms with Gasteiger partial charge in [0.15, 0.2) is 6.61 Å². The molecule has 130 valence electrons. The molecule has 0 spiro atoms. The molecule has 24 heavy (non-hydrogen) atoms. The average Bonchev–Trinajstić information content (AvgIpc) is 2.73. The van der Waals surface area contributed by atoms with Gasteiger partial charge in [-0.15, -0.1) is 0 Å². The lowest BCUT2D eigenvalue weighted by Gasteiger charge is -2.39. The van der Waals surface area contributed by atoms with Gasteiger partial charge in [-0.2, -0.15) is 0 Å². The number of nitrogens with zero attached hydrogens (tertiary/aromatic N) is 1. The molecule has 0 aromatic heterocycles. The topological polar surface area (TPSA) is 46.6 Å². The van der Waals surface area contributed by atoms with Crippen LogP contribution in [-0.2, 0) is 9.53 Å². The van der Waals surface area contributed by atoms with Crippen molar-refractivity contribution in [2.45, 2.75) is 53.0 Å². The van der Waals surface area contributed by atoms with Crippen molar-refractivity contribution >= 4 is 11.9 Å². The standard InChI is InChI=1S/C20H27NO3/c1-14-6-5-7-15(8-14)18(23)24-11-17(22)21-13-20(4)10-16(21)9-19(2,3)12-20/h5-8,16H,9-13H2,1-4H3/t16-,20-/m1/s1. The molecule has 4 heteroatoms. The zero-order valence-corrected chi connectivity index (χ0v) is 15.1. The van der Waals surface area contributed by atoms with Crippen LogP contribution in [0.3, 0.4) is 0 Å². The van der Waals surface area contributed by atoms with Crippen molar-refractivity contribution in [3.05, 3.63) is 35.4 Å². The minimum absolute atomic E-state index is 0.0672. The first-order valence-electron chi connectivity index (χ1n) is 8.71. The highest BCUT2D eigenvalue weighted by Gasteiger charge is 2.50. The van der Waals surface area contributed by atoms with Gasteiger partial charge < -0.3 is 9.64 Å². The van der Waals surface area contributed by atoms with E-state index in [-0.39, 0.29) is 29.4 Å². The van der Waals surface area contributed by atoms with Crippen molar-refractivity contribution in [1.82, 2.24) is 4.90 Å². The molecular weight excluding hydrogens is 302 g/mol. The van der Waals surface area contributed by atoms with E-state index < -0.39 is 5.97 Å². The summed E-state index contributed by atoms with van der Waals surface area (Å²) in [7, 11) is 0. The van der Waals surface area contributed by atoms with Crippen molar-refractivity contribution in [1.29, 1.82) is 0 Å². The molecule has 1 aromatic rings. The number of likely N-dealkylation sites (tertiary alicyclic amines) is 1. The maximum atomic E-state index is 12.6. The number of hydrogen-bond donors (Lipinski definition) is 0. The molecule has 0 radical (unpaired) electrons. The molecule has 4 nitrogen and oxygen atoms in total. The number of carbonyl (C=O) groups is 2. The third kappa shape index (κ3) is 3.47. The molecule has 1 saturated carbocycles. The SMILES string of the molecule is Cc1cccc(C(=O)OCC(=O)N2C[C@]3(C)C[C@H]2CC(C)(C)C3)c1. The molecule has 2 bridgehead atoms. The summed E-state index contributed by atoms with van der Waals surface area (Å²) in [4.78, 5) is 26.7. The number of hydrogen-bond acceptors (Lipinski definition) is 3. The van der Waals surface area contributed by atoms with Crippen LogP contribution in [0.5, 0.6) is 0 Å². The second-order valence-corrected chi connectivity index (χ2v) is 8.68. The van der Waals surface area contributed by atoms with Crippen LogP contribution in [0.4, 0.5) is 0 Å². The number of ether oxygens (including phenoxy) is 1. The van der Waals surface area contributed by atoms with Crippen molar-refractivity contribution in [2.75, 3.05) is 13.2 Å². The van der Waals surface area contributed by atoms with E-state index in [0.717, 1.165) is 31.4 Å². The molecule has 1 aromatic carbocycles. The molecule has 0 unspecified atom stereocenters. The smallest absolute Gasteiger partial charge is 0.338 e. The largest absolute Gasteiger partial charge is 0.452 e. The number of fused-ring (bicyclic) bond motifs is 2. The Balaban J connectivity index is 1.61. The number of rotatable bonds is 3. The first-order chi connectivity index (χ1) is 11.2. The van der Waals surface area contributed by atoms with Crippen LogP contribution in [0.1, 0.15) is 56.0 Å². The lowest BCUT2D eigenvalue weighted by molar-refractivity contribution is -0.135. The summed E-state index contributed by atoms with van der Waals surface area (Å²) in [6, 6.07) is 7.52.